The van der Waals surface area contributed by atoms with E-state index >= 15 is 0 Å². The van der Waals surface area contributed by atoms with E-state index in [2.05, 4.69) is 0 Å². The highest BCUT2D eigenvalue weighted by Gasteiger charge is 2.10. The Hall–Kier alpha value is -1.58. The van der Waals surface area contributed by atoms with E-state index < -0.39 is 0 Å². The summed E-state index contributed by atoms with van der Waals surface area (Å²) in [5.41, 5.74) is 7.02. The Balaban J connectivity index is 2.76. The van der Waals surface area contributed by atoms with Crippen LogP contribution in [-0.2, 0) is 11.2 Å². The van der Waals surface area contributed by atoms with Crippen molar-refractivity contribution < 1.29 is 9.18 Å². The molecule has 0 saturated carbocycles. The molecule has 0 saturated heterocycles. The molecule has 1 aromatic rings. The summed E-state index contributed by atoms with van der Waals surface area (Å²) in [6.07, 6.45) is 0.719. The highest BCUT2D eigenvalue weighted by atomic mass is 19.1. The summed E-state index contributed by atoms with van der Waals surface area (Å²) in [7, 11) is 3.37. The third-order valence-electron chi connectivity index (χ3n) is 2.62. The largest absolute Gasteiger partial charge is 0.398 e. The lowest BCUT2D eigenvalue weighted by Crippen LogP contribution is -2.22. The number of rotatable bonds is 3. The lowest BCUT2D eigenvalue weighted by molar-refractivity contribution is -0.128. The number of anilines is 1. The average molecular weight is 224 g/mol. The fourth-order valence-electron chi connectivity index (χ4n) is 1.41. The van der Waals surface area contributed by atoms with Gasteiger partial charge in [0.25, 0.3) is 0 Å². The topological polar surface area (TPSA) is 46.3 Å². The van der Waals surface area contributed by atoms with E-state index in [1.54, 1.807) is 33.2 Å². The molecule has 1 rings (SSSR count). The van der Waals surface area contributed by atoms with Gasteiger partial charge in [-0.15, -0.1) is 0 Å². The molecular weight excluding hydrogens is 207 g/mol. The predicted octanol–water partition coefficient (Wildman–Crippen LogP) is 1.74. The smallest absolute Gasteiger partial charge is 0.222 e. The van der Waals surface area contributed by atoms with Gasteiger partial charge in [-0.2, -0.15) is 0 Å². The summed E-state index contributed by atoms with van der Waals surface area (Å²) in [5.74, 6) is -0.305. The van der Waals surface area contributed by atoms with E-state index in [0.29, 0.717) is 29.7 Å². The fraction of sp³-hybridized carbons (Fsp3) is 0.417. The van der Waals surface area contributed by atoms with Gasteiger partial charge in [-0.1, -0.05) is 6.07 Å². The van der Waals surface area contributed by atoms with Gasteiger partial charge >= 0.3 is 0 Å². The molecule has 0 unspecified atom stereocenters. The number of aryl methyl sites for hydroxylation is 1. The molecule has 88 valence electrons. The number of hydrogen-bond acceptors (Lipinski definition) is 2. The van der Waals surface area contributed by atoms with Crippen molar-refractivity contribution in [3.05, 3.63) is 29.1 Å². The molecule has 2 N–H and O–H groups in total. The van der Waals surface area contributed by atoms with Crippen LogP contribution in [-0.4, -0.2) is 24.9 Å². The molecular formula is C12H17FN2O. The van der Waals surface area contributed by atoms with Gasteiger partial charge in [0.15, 0.2) is 0 Å². The zero-order valence-electron chi connectivity index (χ0n) is 9.88. The summed E-state index contributed by atoms with van der Waals surface area (Å²) >= 11 is 0. The molecule has 0 bridgehead atoms. The number of nitrogen functional groups attached to an aromatic ring is 1. The van der Waals surface area contributed by atoms with Crippen LogP contribution >= 0.6 is 0 Å². The molecule has 0 fully saturated rings. The highest BCUT2D eigenvalue weighted by Crippen LogP contribution is 2.19. The SMILES string of the molecule is Cc1c(N)ccc(CCC(=O)N(C)C)c1F. The standard InChI is InChI=1S/C12H17FN2O/c1-8-10(14)6-4-9(12(8)13)5-7-11(16)15(2)3/h4,6H,5,7,14H2,1-3H3. The quantitative estimate of drug-likeness (QED) is 0.795. The molecule has 3 nitrogen and oxygen atoms in total. The van der Waals surface area contributed by atoms with E-state index in [-0.39, 0.29) is 11.7 Å². The van der Waals surface area contributed by atoms with Crippen LogP contribution in [0.2, 0.25) is 0 Å². The van der Waals surface area contributed by atoms with Crippen LogP contribution in [0.1, 0.15) is 17.5 Å². The molecule has 4 heteroatoms. The number of amides is 1. The first-order valence-corrected chi connectivity index (χ1v) is 5.17. The Morgan fingerprint density at radius 3 is 2.62 bits per heavy atom. The molecule has 0 heterocycles. The summed E-state index contributed by atoms with van der Waals surface area (Å²) in [6, 6.07) is 3.31. The van der Waals surface area contributed by atoms with Gasteiger partial charge in [-0.25, -0.2) is 4.39 Å². The second kappa shape index (κ2) is 4.96. The first-order valence-electron chi connectivity index (χ1n) is 5.17. The monoisotopic (exact) mass is 224 g/mol. The van der Waals surface area contributed by atoms with Crippen LogP contribution in [0.15, 0.2) is 12.1 Å². The highest BCUT2D eigenvalue weighted by molar-refractivity contribution is 5.75. The zero-order chi connectivity index (χ0) is 12.3. The van der Waals surface area contributed by atoms with Crippen LogP contribution in [0.25, 0.3) is 0 Å². The van der Waals surface area contributed by atoms with Gasteiger partial charge in [0.2, 0.25) is 5.91 Å². The lowest BCUT2D eigenvalue weighted by atomic mass is 10.0. The molecule has 1 aromatic carbocycles. The van der Waals surface area contributed by atoms with Crippen LogP contribution in [0.3, 0.4) is 0 Å². The molecule has 16 heavy (non-hydrogen) atoms. The number of halogens is 1. The lowest BCUT2D eigenvalue weighted by Gasteiger charge is -2.11. The first-order chi connectivity index (χ1) is 7.43. The molecule has 0 radical (unpaired) electrons. The predicted molar refractivity (Wildman–Crippen MR) is 62.6 cm³/mol. The third-order valence-corrected chi connectivity index (χ3v) is 2.62. The first kappa shape index (κ1) is 12.5. The van der Waals surface area contributed by atoms with Gasteiger partial charge in [-0.05, 0) is 25.0 Å². The summed E-state index contributed by atoms with van der Waals surface area (Å²) in [4.78, 5) is 12.9. The van der Waals surface area contributed by atoms with E-state index in [0.717, 1.165) is 0 Å². The molecule has 0 aliphatic rings. The number of carbonyl (C=O) groups is 1. The number of nitrogens with two attached hydrogens (primary N) is 1. The second-order valence-electron chi connectivity index (χ2n) is 4.04. The fourth-order valence-corrected chi connectivity index (χ4v) is 1.41. The minimum absolute atomic E-state index is 0.00567. The van der Waals surface area contributed by atoms with Crippen molar-refractivity contribution in [3.8, 4) is 0 Å². The van der Waals surface area contributed by atoms with E-state index in [4.69, 9.17) is 5.73 Å². The van der Waals surface area contributed by atoms with Crippen LogP contribution < -0.4 is 5.73 Å². The van der Waals surface area contributed by atoms with Crippen molar-refractivity contribution in [2.45, 2.75) is 19.8 Å². The van der Waals surface area contributed by atoms with Crippen molar-refractivity contribution in [1.82, 2.24) is 4.90 Å². The van der Waals surface area contributed by atoms with E-state index in [1.165, 1.54) is 4.90 Å². The summed E-state index contributed by atoms with van der Waals surface area (Å²) < 4.78 is 13.7. The summed E-state index contributed by atoms with van der Waals surface area (Å²) in [5, 5.41) is 0. The van der Waals surface area contributed by atoms with Gasteiger partial charge in [-0.3, -0.25) is 4.79 Å². The van der Waals surface area contributed by atoms with Crippen molar-refractivity contribution in [1.29, 1.82) is 0 Å². The van der Waals surface area contributed by atoms with Crippen molar-refractivity contribution in [2.75, 3.05) is 19.8 Å². The molecule has 0 atom stereocenters. The third kappa shape index (κ3) is 2.72. The second-order valence-corrected chi connectivity index (χ2v) is 4.04. The Bertz CT molecular complexity index is 402. The zero-order valence-corrected chi connectivity index (χ0v) is 9.88. The molecule has 1 amide bonds. The van der Waals surface area contributed by atoms with E-state index in [1.807, 2.05) is 0 Å². The Labute approximate surface area is 95.0 Å². The van der Waals surface area contributed by atoms with Gasteiger partial charge < -0.3 is 10.6 Å². The van der Waals surface area contributed by atoms with Crippen molar-refractivity contribution >= 4 is 11.6 Å². The maximum absolute atomic E-state index is 13.7. The van der Waals surface area contributed by atoms with E-state index in [9.17, 15) is 9.18 Å². The number of hydrogen-bond donors (Lipinski definition) is 1. The van der Waals surface area contributed by atoms with Crippen molar-refractivity contribution in [3.63, 3.8) is 0 Å². The van der Waals surface area contributed by atoms with Crippen LogP contribution in [0, 0.1) is 12.7 Å². The molecule has 0 aromatic heterocycles. The number of benzene rings is 1. The Morgan fingerprint density at radius 2 is 2.06 bits per heavy atom. The number of nitrogens with zero attached hydrogens (tertiary/aromatic N) is 1. The Morgan fingerprint density at radius 1 is 1.44 bits per heavy atom. The van der Waals surface area contributed by atoms with Gasteiger partial charge in [0, 0.05) is 31.8 Å². The molecule has 0 spiro atoms. The minimum atomic E-state index is -0.299. The maximum atomic E-state index is 13.7. The van der Waals surface area contributed by atoms with Gasteiger partial charge in [0.05, 0.1) is 0 Å². The van der Waals surface area contributed by atoms with Crippen LogP contribution in [0.5, 0.6) is 0 Å². The Kier molecular flexibility index (Phi) is 3.88. The average Bonchev–Trinajstić information content (AvgIpc) is 2.24. The minimum Gasteiger partial charge on any atom is -0.398 e. The maximum Gasteiger partial charge on any atom is 0.222 e. The molecule has 0 aliphatic heterocycles. The van der Waals surface area contributed by atoms with Crippen molar-refractivity contribution in [2.24, 2.45) is 0 Å². The number of carbonyl (C=O) groups excluding carboxylic acids is 1. The van der Waals surface area contributed by atoms with Crippen LogP contribution in [0.4, 0.5) is 10.1 Å². The molecule has 0 aliphatic carbocycles. The van der Waals surface area contributed by atoms with Gasteiger partial charge in [0.1, 0.15) is 5.82 Å². The summed E-state index contributed by atoms with van der Waals surface area (Å²) in [6.45, 7) is 1.64. The normalized spacial score (nSPS) is 10.2.